The van der Waals surface area contributed by atoms with Crippen LogP contribution in [0.25, 0.3) is 0 Å². The molecule has 162 valence electrons. The van der Waals surface area contributed by atoms with Gasteiger partial charge in [-0.05, 0) is 37.1 Å². The summed E-state index contributed by atoms with van der Waals surface area (Å²) < 4.78 is 64.8. The van der Waals surface area contributed by atoms with Gasteiger partial charge in [-0.1, -0.05) is 0 Å². The Balaban J connectivity index is 1.78. The number of carbonyl (C=O) groups excluding carboxylic acids is 1. The van der Waals surface area contributed by atoms with E-state index in [4.69, 9.17) is 9.47 Å². The van der Waals surface area contributed by atoms with Gasteiger partial charge in [-0.2, -0.15) is 4.31 Å². The van der Waals surface area contributed by atoms with Crippen molar-refractivity contribution in [1.82, 2.24) is 4.31 Å². The molecule has 1 N–H and O–H groups in total. The lowest BCUT2D eigenvalue weighted by atomic mass is 9.98. The van der Waals surface area contributed by atoms with E-state index in [0.717, 1.165) is 18.2 Å². The van der Waals surface area contributed by atoms with Gasteiger partial charge >= 0.3 is 0 Å². The maximum absolute atomic E-state index is 13.8. The summed E-state index contributed by atoms with van der Waals surface area (Å²) in [6.45, 7) is 0.175. The molecule has 0 saturated carbocycles. The molecule has 2 aromatic carbocycles. The molecule has 1 unspecified atom stereocenters. The molecule has 3 rings (SSSR count). The molecular weight excluding hydrogens is 418 g/mol. The molecule has 1 amide bonds. The number of hydrogen-bond acceptors (Lipinski definition) is 5. The van der Waals surface area contributed by atoms with Crippen molar-refractivity contribution in [2.75, 3.05) is 32.6 Å². The van der Waals surface area contributed by atoms with Gasteiger partial charge in [-0.15, -0.1) is 0 Å². The second-order valence-electron chi connectivity index (χ2n) is 6.83. The van der Waals surface area contributed by atoms with Crippen LogP contribution in [0.2, 0.25) is 0 Å². The van der Waals surface area contributed by atoms with Crippen LogP contribution in [0.1, 0.15) is 12.8 Å². The Labute approximate surface area is 173 Å². The van der Waals surface area contributed by atoms with Gasteiger partial charge in [0, 0.05) is 25.2 Å². The molecule has 1 heterocycles. The lowest BCUT2D eigenvalue weighted by Gasteiger charge is -2.31. The van der Waals surface area contributed by atoms with E-state index >= 15 is 0 Å². The highest BCUT2D eigenvalue weighted by Crippen LogP contribution is 2.32. The molecule has 0 radical (unpaired) electrons. The maximum Gasteiger partial charge on any atom is 0.243 e. The summed E-state index contributed by atoms with van der Waals surface area (Å²) in [6.07, 6.45) is 0.886. The van der Waals surface area contributed by atoms with Crippen molar-refractivity contribution in [2.24, 2.45) is 5.92 Å². The van der Waals surface area contributed by atoms with Gasteiger partial charge in [0.15, 0.2) is 11.5 Å². The quantitative estimate of drug-likeness (QED) is 0.747. The summed E-state index contributed by atoms with van der Waals surface area (Å²) in [5.74, 6) is -2.05. The third-order valence-electron chi connectivity index (χ3n) is 4.93. The standard InChI is InChI=1S/C20H22F2N2O5S/c1-28-18-8-6-15(11-19(18)29-2)30(26,27)24-9-3-4-13(12-24)20(25)23-17-10-14(21)5-7-16(17)22/h5-8,10-11,13H,3-4,9,12H2,1-2H3,(H,23,25). The van der Waals surface area contributed by atoms with Crippen molar-refractivity contribution in [3.05, 3.63) is 48.0 Å². The van der Waals surface area contributed by atoms with Gasteiger partial charge in [0.1, 0.15) is 11.6 Å². The van der Waals surface area contributed by atoms with Crippen molar-refractivity contribution < 1.29 is 31.5 Å². The zero-order valence-electron chi connectivity index (χ0n) is 16.5. The van der Waals surface area contributed by atoms with E-state index in [1.54, 1.807) is 0 Å². The minimum Gasteiger partial charge on any atom is -0.493 e. The highest BCUT2D eigenvalue weighted by molar-refractivity contribution is 7.89. The molecule has 2 aromatic rings. The number of nitrogens with zero attached hydrogens (tertiary/aromatic N) is 1. The number of piperidine rings is 1. The first-order chi connectivity index (χ1) is 14.3. The van der Waals surface area contributed by atoms with Crippen molar-refractivity contribution in [3.8, 4) is 11.5 Å². The average molecular weight is 440 g/mol. The van der Waals surface area contributed by atoms with Crippen molar-refractivity contribution >= 4 is 21.6 Å². The smallest absolute Gasteiger partial charge is 0.243 e. The van der Waals surface area contributed by atoms with Gasteiger partial charge in [-0.25, -0.2) is 17.2 Å². The fourth-order valence-electron chi connectivity index (χ4n) is 3.33. The number of hydrogen-bond donors (Lipinski definition) is 1. The van der Waals surface area contributed by atoms with Crippen LogP contribution in [0.15, 0.2) is 41.3 Å². The number of anilines is 1. The van der Waals surface area contributed by atoms with Crippen LogP contribution in [-0.4, -0.2) is 45.9 Å². The molecule has 1 aliphatic heterocycles. The molecular formula is C20H22F2N2O5S. The summed E-state index contributed by atoms with van der Waals surface area (Å²) >= 11 is 0. The minimum atomic E-state index is -3.89. The fourth-order valence-corrected chi connectivity index (χ4v) is 4.87. The molecule has 1 atom stereocenters. The first-order valence-electron chi connectivity index (χ1n) is 9.24. The topological polar surface area (TPSA) is 84.9 Å². The van der Waals surface area contributed by atoms with Crippen LogP contribution in [0.4, 0.5) is 14.5 Å². The summed E-state index contributed by atoms with van der Waals surface area (Å²) in [6, 6.07) is 7.01. The first kappa shape index (κ1) is 22.0. The van der Waals surface area contributed by atoms with Crippen LogP contribution in [0.3, 0.4) is 0 Å². The zero-order chi connectivity index (χ0) is 21.9. The van der Waals surface area contributed by atoms with Gasteiger partial charge < -0.3 is 14.8 Å². The van der Waals surface area contributed by atoms with Crippen molar-refractivity contribution in [2.45, 2.75) is 17.7 Å². The lowest BCUT2D eigenvalue weighted by molar-refractivity contribution is -0.120. The number of benzene rings is 2. The number of methoxy groups -OCH3 is 2. The number of rotatable bonds is 6. The van der Waals surface area contributed by atoms with Crippen molar-refractivity contribution in [1.29, 1.82) is 0 Å². The van der Waals surface area contributed by atoms with Gasteiger partial charge in [-0.3, -0.25) is 4.79 Å². The van der Waals surface area contributed by atoms with E-state index in [0.29, 0.717) is 18.6 Å². The third-order valence-corrected chi connectivity index (χ3v) is 6.80. The third kappa shape index (κ3) is 4.54. The Morgan fingerprint density at radius 1 is 1.10 bits per heavy atom. The summed E-state index contributed by atoms with van der Waals surface area (Å²) in [5.41, 5.74) is -0.278. The SMILES string of the molecule is COc1ccc(S(=O)(=O)N2CCCC(C(=O)Nc3cc(F)ccc3F)C2)cc1OC. The number of nitrogens with one attached hydrogen (secondary N) is 1. The molecule has 10 heteroatoms. The second kappa shape index (κ2) is 8.97. The van der Waals surface area contributed by atoms with E-state index < -0.39 is 33.5 Å². The first-order valence-corrected chi connectivity index (χ1v) is 10.7. The second-order valence-corrected chi connectivity index (χ2v) is 8.77. The van der Waals surface area contributed by atoms with Crippen LogP contribution >= 0.6 is 0 Å². The Morgan fingerprint density at radius 3 is 2.53 bits per heavy atom. The summed E-state index contributed by atoms with van der Waals surface area (Å²) in [7, 11) is -1.04. The monoisotopic (exact) mass is 440 g/mol. The van der Waals surface area contributed by atoms with E-state index in [1.165, 1.54) is 36.7 Å². The maximum atomic E-state index is 13.8. The van der Waals surface area contributed by atoms with E-state index in [2.05, 4.69) is 5.32 Å². The Morgan fingerprint density at radius 2 is 1.83 bits per heavy atom. The van der Waals surface area contributed by atoms with Gasteiger partial charge in [0.2, 0.25) is 15.9 Å². The normalized spacial score (nSPS) is 17.4. The molecule has 0 aliphatic carbocycles. The summed E-state index contributed by atoms with van der Waals surface area (Å²) in [5, 5.41) is 2.35. The largest absolute Gasteiger partial charge is 0.493 e. The molecule has 0 bridgehead atoms. The minimum absolute atomic E-state index is 0.0115. The number of ether oxygens (including phenoxy) is 2. The number of halogens is 2. The number of amides is 1. The highest BCUT2D eigenvalue weighted by Gasteiger charge is 2.34. The Kier molecular flexibility index (Phi) is 6.57. The van der Waals surface area contributed by atoms with Crippen molar-refractivity contribution in [3.63, 3.8) is 0 Å². The zero-order valence-corrected chi connectivity index (χ0v) is 17.3. The molecule has 7 nitrogen and oxygen atoms in total. The van der Waals surface area contributed by atoms with Gasteiger partial charge in [0.25, 0.3) is 0 Å². The van der Waals surface area contributed by atoms with E-state index in [9.17, 15) is 22.0 Å². The molecule has 30 heavy (non-hydrogen) atoms. The van der Waals surface area contributed by atoms with E-state index in [-0.39, 0.29) is 29.4 Å². The lowest BCUT2D eigenvalue weighted by Crippen LogP contribution is -2.43. The number of carbonyl (C=O) groups is 1. The number of sulfonamides is 1. The molecule has 0 spiro atoms. The van der Waals surface area contributed by atoms with Crippen LogP contribution in [-0.2, 0) is 14.8 Å². The van der Waals surface area contributed by atoms with E-state index in [1.807, 2.05) is 0 Å². The van der Waals surface area contributed by atoms with Gasteiger partial charge in [0.05, 0.1) is 30.7 Å². The Bertz CT molecular complexity index is 1050. The predicted molar refractivity (Wildman–Crippen MR) is 106 cm³/mol. The molecule has 1 aliphatic rings. The predicted octanol–water partition coefficient (Wildman–Crippen LogP) is 3.02. The molecule has 1 saturated heterocycles. The van der Waals surface area contributed by atoms with Crippen LogP contribution in [0.5, 0.6) is 11.5 Å². The Hall–Kier alpha value is -2.72. The average Bonchev–Trinajstić information content (AvgIpc) is 2.75. The highest BCUT2D eigenvalue weighted by atomic mass is 32.2. The molecule has 1 fully saturated rings. The fraction of sp³-hybridized carbons (Fsp3) is 0.350. The molecule has 0 aromatic heterocycles. The van der Waals surface area contributed by atoms with Crippen LogP contribution in [0, 0.1) is 17.6 Å². The summed E-state index contributed by atoms with van der Waals surface area (Å²) in [4.78, 5) is 12.6. The van der Waals surface area contributed by atoms with Crippen LogP contribution < -0.4 is 14.8 Å².